The minimum atomic E-state index is -0.149. The number of thiazole rings is 1. The number of carbonyl (C=O) groups excluding carboxylic acids is 1. The highest BCUT2D eigenvalue weighted by molar-refractivity contribution is 7.14. The number of para-hydroxylation sites is 1. The molecule has 0 saturated heterocycles. The van der Waals surface area contributed by atoms with Crippen molar-refractivity contribution in [3.63, 3.8) is 0 Å². The predicted molar refractivity (Wildman–Crippen MR) is 116 cm³/mol. The number of fused-ring (bicyclic) bond motifs is 1. The lowest BCUT2D eigenvalue weighted by Crippen LogP contribution is -2.25. The molecule has 28 heavy (non-hydrogen) atoms. The second-order valence-electron chi connectivity index (χ2n) is 6.83. The first-order chi connectivity index (χ1) is 13.6. The zero-order valence-electron chi connectivity index (χ0n) is 15.9. The molecule has 4 aromatic rings. The van der Waals surface area contributed by atoms with Crippen LogP contribution in [0.2, 0.25) is 0 Å². The smallest absolute Gasteiger partial charge is 0.270 e. The summed E-state index contributed by atoms with van der Waals surface area (Å²) in [5.41, 5.74) is 6.20. The number of nitrogens with one attached hydrogen (secondary N) is 3. The standard InChI is InChI=1S/C22H22N4OS/c1-14-7-8-17(11-15(14)2)25-22-26-20(13-28-22)21(27)23-10-9-16-12-24-19-6-4-3-5-18(16)19/h3-8,11-13,24H,9-10H2,1-2H3,(H,23,27)(H,25,26). The summed E-state index contributed by atoms with van der Waals surface area (Å²) in [6.45, 7) is 4.73. The van der Waals surface area contributed by atoms with Crippen molar-refractivity contribution in [3.05, 3.63) is 76.4 Å². The number of carbonyl (C=O) groups is 1. The van der Waals surface area contributed by atoms with Gasteiger partial charge >= 0.3 is 0 Å². The van der Waals surface area contributed by atoms with Gasteiger partial charge in [0.25, 0.3) is 5.91 Å². The van der Waals surface area contributed by atoms with Crippen molar-refractivity contribution in [2.45, 2.75) is 20.3 Å². The van der Waals surface area contributed by atoms with Crippen LogP contribution in [-0.2, 0) is 6.42 Å². The molecule has 3 N–H and O–H groups in total. The minimum Gasteiger partial charge on any atom is -0.361 e. The predicted octanol–water partition coefficient (Wildman–Crippen LogP) is 4.96. The summed E-state index contributed by atoms with van der Waals surface area (Å²) in [6, 6.07) is 14.4. The fraction of sp³-hybridized carbons (Fsp3) is 0.182. The summed E-state index contributed by atoms with van der Waals surface area (Å²) in [5, 5.41) is 9.92. The molecule has 0 atom stereocenters. The van der Waals surface area contributed by atoms with Gasteiger partial charge in [0, 0.05) is 34.7 Å². The van der Waals surface area contributed by atoms with Gasteiger partial charge in [-0.15, -0.1) is 11.3 Å². The quantitative estimate of drug-likeness (QED) is 0.436. The molecule has 0 aliphatic heterocycles. The fourth-order valence-electron chi connectivity index (χ4n) is 3.12. The lowest BCUT2D eigenvalue weighted by molar-refractivity contribution is 0.0950. The number of benzene rings is 2. The molecular weight excluding hydrogens is 368 g/mol. The van der Waals surface area contributed by atoms with Crippen LogP contribution in [0.5, 0.6) is 0 Å². The molecule has 2 heterocycles. The van der Waals surface area contributed by atoms with E-state index in [0.29, 0.717) is 17.4 Å². The van der Waals surface area contributed by atoms with Crippen LogP contribution < -0.4 is 10.6 Å². The number of hydrogen-bond donors (Lipinski definition) is 3. The molecule has 0 aliphatic rings. The number of H-pyrrole nitrogens is 1. The first kappa shape index (κ1) is 18.3. The van der Waals surface area contributed by atoms with Crippen LogP contribution >= 0.6 is 11.3 Å². The lowest BCUT2D eigenvalue weighted by Gasteiger charge is -2.06. The van der Waals surface area contributed by atoms with Crippen molar-refractivity contribution in [2.24, 2.45) is 0 Å². The maximum atomic E-state index is 12.4. The summed E-state index contributed by atoms with van der Waals surface area (Å²) in [6.07, 6.45) is 2.78. The van der Waals surface area contributed by atoms with E-state index in [2.05, 4.69) is 58.7 Å². The molecule has 2 aromatic carbocycles. The largest absolute Gasteiger partial charge is 0.361 e. The highest BCUT2D eigenvalue weighted by Crippen LogP contribution is 2.23. The van der Waals surface area contributed by atoms with Crippen molar-refractivity contribution < 1.29 is 4.79 Å². The number of rotatable bonds is 6. The highest BCUT2D eigenvalue weighted by atomic mass is 32.1. The fourth-order valence-corrected chi connectivity index (χ4v) is 3.83. The number of aromatic nitrogens is 2. The molecule has 4 rings (SSSR count). The van der Waals surface area contributed by atoms with Crippen LogP contribution in [0.3, 0.4) is 0 Å². The lowest BCUT2D eigenvalue weighted by atomic mass is 10.1. The number of anilines is 2. The number of amides is 1. The minimum absolute atomic E-state index is 0.149. The van der Waals surface area contributed by atoms with Gasteiger partial charge in [-0.25, -0.2) is 4.98 Å². The SMILES string of the molecule is Cc1ccc(Nc2nc(C(=O)NCCc3c[nH]c4ccccc34)cs2)cc1C. The topological polar surface area (TPSA) is 69.8 Å². The highest BCUT2D eigenvalue weighted by Gasteiger charge is 2.11. The third-order valence-corrected chi connectivity index (χ3v) is 5.61. The van der Waals surface area contributed by atoms with Crippen molar-refractivity contribution in [1.82, 2.24) is 15.3 Å². The molecule has 0 saturated carbocycles. The molecule has 0 fully saturated rings. The van der Waals surface area contributed by atoms with Crippen LogP contribution in [0.1, 0.15) is 27.2 Å². The Bertz CT molecular complexity index is 1130. The van der Waals surface area contributed by atoms with Gasteiger partial charge in [0.15, 0.2) is 5.13 Å². The van der Waals surface area contributed by atoms with E-state index in [-0.39, 0.29) is 5.91 Å². The van der Waals surface area contributed by atoms with Crippen LogP contribution in [0.4, 0.5) is 10.8 Å². The molecular formula is C22H22N4OS. The monoisotopic (exact) mass is 390 g/mol. The number of nitrogens with zero attached hydrogens (tertiary/aromatic N) is 1. The van der Waals surface area contributed by atoms with Gasteiger partial charge in [0.1, 0.15) is 5.69 Å². The first-order valence-electron chi connectivity index (χ1n) is 9.23. The normalized spacial score (nSPS) is 10.9. The van der Waals surface area contributed by atoms with E-state index in [1.165, 1.54) is 33.4 Å². The summed E-state index contributed by atoms with van der Waals surface area (Å²) in [7, 11) is 0. The molecule has 0 unspecified atom stereocenters. The third-order valence-electron chi connectivity index (χ3n) is 4.85. The van der Waals surface area contributed by atoms with Gasteiger partial charge in [-0.2, -0.15) is 0 Å². The number of aryl methyl sites for hydroxylation is 2. The number of aromatic amines is 1. The first-order valence-corrected chi connectivity index (χ1v) is 10.1. The Kier molecular flexibility index (Phi) is 5.12. The van der Waals surface area contributed by atoms with Crippen molar-refractivity contribution in [1.29, 1.82) is 0 Å². The van der Waals surface area contributed by atoms with E-state index in [9.17, 15) is 4.79 Å². The maximum absolute atomic E-state index is 12.4. The summed E-state index contributed by atoms with van der Waals surface area (Å²) in [5.74, 6) is -0.149. The van der Waals surface area contributed by atoms with Crippen molar-refractivity contribution >= 4 is 39.0 Å². The number of hydrogen-bond acceptors (Lipinski definition) is 4. The van der Waals surface area contributed by atoms with Crippen LogP contribution in [-0.4, -0.2) is 22.4 Å². The van der Waals surface area contributed by atoms with Crippen LogP contribution in [0.25, 0.3) is 10.9 Å². The summed E-state index contributed by atoms with van der Waals surface area (Å²) >= 11 is 1.43. The van der Waals surface area contributed by atoms with E-state index in [4.69, 9.17) is 0 Å². The van der Waals surface area contributed by atoms with Gasteiger partial charge in [0.05, 0.1) is 0 Å². The zero-order valence-corrected chi connectivity index (χ0v) is 16.7. The molecule has 0 spiro atoms. The molecule has 142 valence electrons. The van der Waals surface area contributed by atoms with Crippen molar-refractivity contribution in [3.8, 4) is 0 Å². The van der Waals surface area contributed by atoms with Crippen LogP contribution in [0.15, 0.2) is 54.0 Å². The molecule has 0 bridgehead atoms. The van der Waals surface area contributed by atoms with E-state index in [1.54, 1.807) is 5.38 Å². The Morgan fingerprint density at radius 3 is 2.86 bits per heavy atom. The molecule has 5 nitrogen and oxygen atoms in total. The summed E-state index contributed by atoms with van der Waals surface area (Å²) < 4.78 is 0. The Morgan fingerprint density at radius 1 is 1.14 bits per heavy atom. The zero-order chi connectivity index (χ0) is 19.5. The molecule has 1 amide bonds. The van der Waals surface area contributed by atoms with E-state index >= 15 is 0 Å². The van der Waals surface area contributed by atoms with Gasteiger partial charge < -0.3 is 15.6 Å². The van der Waals surface area contributed by atoms with Gasteiger partial charge in [0.2, 0.25) is 0 Å². The van der Waals surface area contributed by atoms with Gasteiger partial charge in [-0.3, -0.25) is 4.79 Å². The molecule has 2 aromatic heterocycles. The van der Waals surface area contributed by atoms with E-state index in [1.807, 2.05) is 24.4 Å². The molecule has 0 radical (unpaired) electrons. The second kappa shape index (κ2) is 7.86. The third kappa shape index (κ3) is 3.92. The average molecular weight is 391 g/mol. The van der Waals surface area contributed by atoms with Gasteiger partial charge in [-0.05, 0) is 55.2 Å². The Labute approximate surface area is 167 Å². The second-order valence-corrected chi connectivity index (χ2v) is 7.69. The van der Waals surface area contributed by atoms with E-state index < -0.39 is 0 Å². The summed E-state index contributed by atoms with van der Waals surface area (Å²) in [4.78, 5) is 20.1. The Balaban J connectivity index is 1.34. The van der Waals surface area contributed by atoms with Gasteiger partial charge in [-0.1, -0.05) is 24.3 Å². The van der Waals surface area contributed by atoms with Crippen LogP contribution in [0, 0.1) is 13.8 Å². The average Bonchev–Trinajstić information content (AvgIpc) is 3.32. The maximum Gasteiger partial charge on any atom is 0.270 e. The Morgan fingerprint density at radius 2 is 2.00 bits per heavy atom. The molecule has 0 aliphatic carbocycles. The molecule has 6 heteroatoms. The van der Waals surface area contributed by atoms with Crippen molar-refractivity contribution in [2.75, 3.05) is 11.9 Å². The Hall–Kier alpha value is -3.12. The van der Waals surface area contributed by atoms with E-state index in [0.717, 1.165) is 17.6 Å².